The lowest BCUT2D eigenvalue weighted by molar-refractivity contribution is 0.307. The Hall–Kier alpha value is -1.09. The van der Waals surface area contributed by atoms with Gasteiger partial charge in [0.25, 0.3) is 0 Å². The van der Waals surface area contributed by atoms with Crippen LogP contribution in [0.3, 0.4) is 0 Å². The van der Waals surface area contributed by atoms with Gasteiger partial charge >= 0.3 is 0 Å². The van der Waals surface area contributed by atoms with Gasteiger partial charge in [0, 0.05) is 26.3 Å². The van der Waals surface area contributed by atoms with Crippen molar-refractivity contribution in [2.45, 2.75) is 19.9 Å². The third-order valence-corrected chi connectivity index (χ3v) is 3.36. The molecule has 1 N–H and O–H groups in total. The normalized spacial score (nSPS) is 23.5. The number of rotatable bonds is 5. The van der Waals surface area contributed by atoms with Crippen LogP contribution in [0, 0.1) is 11.8 Å². The molecule has 0 radical (unpaired) electrons. The molecule has 0 spiro atoms. The average Bonchev–Trinajstić information content (AvgIpc) is 2.94. The molecule has 1 aromatic rings. The van der Waals surface area contributed by atoms with Crippen molar-refractivity contribution in [1.29, 1.82) is 0 Å². The van der Waals surface area contributed by atoms with Gasteiger partial charge in [-0.15, -0.1) is 0 Å². The molecular weight excluding hydrogens is 198 g/mol. The van der Waals surface area contributed by atoms with Crippen LogP contribution in [-0.2, 0) is 6.54 Å². The second kappa shape index (κ2) is 4.83. The van der Waals surface area contributed by atoms with Gasteiger partial charge in [-0.25, -0.2) is 4.98 Å². The van der Waals surface area contributed by atoms with Crippen molar-refractivity contribution in [1.82, 2.24) is 9.88 Å². The summed E-state index contributed by atoms with van der Waals surface area (Å²) < 4.78 is 0. The van der Waals surface area contributed by atoms with E-state index in [0.717, 1.165) is 24.2 Å². The second-order valence-electron chi connectivity index (χ2n) is 4.97. The predicted molar refractivity (Wildman–Crippen MR) is 67.4 cm³/mol. The zero-order chi connectivity index (χ0) is 11.5. The average molecular weight is 219 g/mol. The summed E-state index contributed by atoms with van der Waals surface area (Å²) in [4.78, 5) is 6.63. The minimum absolute atomic E-state index is 0.926. The molecule has 3 nitrogen and oxygen atoms in total. The monoisotopic (exact) mass is 219 g/mol. The van der Waals surface area contributed by atoms with E-state index in [1.165, 1.54) is 18.5 Å². The zero-order valence-electron chi connectivity index (χ0n) is 10.4. The summed E-state index contributed by atoms with van der Waals surface area (Å²) in [6, 6.07) is 4.21. The fourth-order valence-corrected chi connectivity index (χ4v) is 2.14. The van der Waals surface area contributed by atoms with Crippen LogP contribution < -0.4 is 5.32 Å². The summed E-state index contributed by atoms with van der Waals surface area (Å²) in [6.07, 6.45) is 3.28. The summed E-state index contributed by atoms with van der Waals surface area (Å²) in [5, 5.41) is 3.07. The zero-order valence-corrected chi connectivity index (χ0v) is 10.4. The maximum absolute atomic E-state index is 4.22. The first-order valence-electron chi connectivity index (χ1n) is 6.00. The summed E-state index contributed by atoms with van der Waals surface area (Å²) in [5.41, 5.74) is 1.33. The second-order valence-corrected chi connectivity index (χ2v) is 4.97. The number of hydrogen-bond acceptors (Lipinski definition) is 3. The molecule has 1 saturated carbocycles. The van der Waals surface area contributed by atoms with Crippen LogP contribution in [0.2, 0.25) is 0 Å². The largest absolute Gasteiger partial charge is 0.373 e. The first kappa shape index (κ1) is 11.4. The molecule has 0 aromatic carbocycles. The first-order chi connectivity index (χ1) is 7.69. The van der Waals surface area contributed by atoms with Crippen molar-refractivity contribution in [3.8, 4) is 0 Å². The van der Waals surface area contributed by atoms with Gasteiger partial charge in [0.1, 0.15) is 5.82 Å². The van der Waals surface area contributed by atoms with Gasteiger partial charge in [-0.2, -0.15) is 0 Å². The van der Waals surface area contributed by atoms with E-state index >= 15 is 0 Å². The smallest absolute Gasteiger partial charge is 0.125 e. The summed E-state index contributed by atoms with van der Waals surface area (Å²) >= 11 is 0. The van der Waals surface area contributed by atoms with Gasteiger partial charge in [-0.1, -0.05) is 6.92 Å². The highest BCUT2D eigenvalue weighted by molar-refractivity contribution is 5.36. The summed E-state index contributed by atoms with van der Waals surface area (Å²) in [6.45, 7) is 4.57. The number of nitrogens with zero attached hydrogens (tertiary/aromatic N) is 2. The lowest BCUT2D eigenvalue weighted by Gasteiger charge is -2.16. The highest BCUT2D eigenvalue weighted by Crippen LogP contribution is 2.38. The maximum atomic E-state index is 4.22. The molecule has 0 aliphatic heterocycles. The van der Waals surface area contributed by atoms with Crippen LogP contribution in [0.4, 0.5) is 5.82 Å². The molecule has 2 unspecified atom stereocenters. The van der Waals surface area contributed by atoms with Gasteiger partial charge in [0.15, 0.2) is 0 Å². The van der Waals surface area contributed by atoms with Crippen LogP contribution in [0.5, 0.6) is 0 Å². The minimum Gasteiger partial charge on any atom is -0.373 e. The summed E-state index contributed by atoms with van der Waals surface area (Å²) in [5.74, 6) is 2.81. The third-order valence-electron chi connectivity index (χ3n) is 3.36. The van der Waals surface area contributed by atoms with Crippen molar-refractivity contribution in [2.75, 3.05) is 26.0 Å². The predicted octanol–water partition coefficient (Wildman–Crippen LogP) is 2.21. The Morgan fingerprint density at radius 3 is 2.94 bits per heavy atom. The van der Waals surface area contributed by atoms with E-state index in [4.69, 9.17) is 0 Å². The number of anilines is 1. The Kier molecular flexibility index (Phi) is 3.44. The SMILES string of the molecule is CNc1cc(CN(C)CC2CC2C)ccn1. The fourth-order valence-electron chi connectivity index (χ4n) is 2.14. The van der Waals surface area contributed by atoms with Crippen molar-refractivity contribution in [2.24, 2.45) is 11.8 Å². The first-order valence-corrected chi connectivity index (χ1v) is 6.00. The molecule has 0 saturated heterocycles. The molecule has 88 valence electrons. The molecule has 16 heavy (non-hydrogen) atoms. The molecular formula is C13H21N3. The Balaban J connectivity index is 1.87. The van der Waals surface area contributed by atoms with E-state index in [9.17, 15) is 0 Å². The van der Waals surface area contributed by atoms with E-state index < -0.39 is 0 Å². The molecule has 1 heterocycles. The van der Waals surface area contributed by atoms with Crippen LogP contribution in [0.15, 0.2) is 18.3 Å². The lowest BCUT2D eigenvalue weighted by atomic mass is 10.2. The molecule has 1 aromatic heterocycles. The van der Waals surface area contributed by atoms with Crippen molar-refractivity contribution in [3.05, 3.63) is 23.9 Å². The Morgan fingerprint density at radius 1 is 1.56 bits per heavy atom. The van der Waals surface area contributed by atoms with Crippen molar-refractivity contribution >= 4 is 5.82 Å². The van der Waals surface area contributed by atoms with Gasteiger partial charge in [0.2, 0.25) is 0 Å². The molecule has 1 aliphatic rings. The highest BCUT2D eigenvalue weighted by Gasteiger charge is 2.32. The maximum Gasteiger partial charge on any atom is 0.125 e. The topological polar surface area (TPSA) is 28.2 Å². The van der Waals surface area contributed by atoms with Crippen molar-refractivity contribution in [3.63, 3.8) is 0 Å². The standard InChI is InChI=1S/C13H21N3/c1-10-6-12(10)9-16(3)8-11-4-5-15-13(7-11)14-2/h4-5,7,10,12H,6,8-9H2,1-3H3,(H,14,15). The summed E-state index contributed by atoms with van der Waals surface area (Å²) in [7, 11) is 4.10. The van der Waals surface area contributed by atoms with Gasteiger partial charge in [-0.05, 0) is 43.0 Å². The quantitative estimate of drug-likeness (QED) is 0.823. The Morgan fingerprint density at radius 2 is 2.31 bits per heavy atom. The van der Waals surface area contributed by atoms with E-state index in [2.05, 4.69) is 41.3 Å². The van der Waals surface area contributed by atoms with Crippen LogP contribution in [0.1, 0.15) is 18.9 Å². The lowest BCUT2D eigenvalue weighted by Crippen LogP contribution is -2.21. The number of aromatic nitrogens is 1. The molecule has 0 amide bonds. The fraction of sp³-hybridized carbons (Fsp3) is 0.615. The molecule has 1 fully saturated rings. The van der Waals surface area contributed by atoms with Crippen molar-refractivity contribution < 1.29 is 0 Å². The Bertz CT molecular complexity index is 351. The van der Waals surface area contributed by atoms with E-state index in [1.807, 2.05) is 13.2 Å². The van der Waals surface area contributed by atoms with E-state index in [1.54, 1.807) is 0 Å². The highest BCUT2D eigenvalue weighted by atomic mass is 15.1. The van der Waals surface area contributed by atoms with Gasteiger partial charge in [0.05, 0.1) is 0 Å². The molecule has 0 bridgehead atoms. The third kappa shape index (κ3) is 2.95. The molecule has 2 rings (SSSR count). The molecule has 1 aliphatic carbocycles. The minimum atomic E-state index is 0.926. The molecule has 3 heteroatoms. The Labute approximate surface area is 97.9 Å². The van der Waals surface area contributed by atoms with Crippen LogP contribution in [0.25, 0.3) is 0 Å². The number of nitrogens with one attached hydrogen (secondary N) is 1. The van der Waals surface area contributed by atoms with Crippen LogP contribution >= 0.6 is 0 Å². The van der Waals surface area contributed by atoms with E-state index in [-0.39, 0.29) is 0 Å². The number of pyridine rings is 1. The van der Waals surface area contributed by atoms with Gasteiger partial charge < -0.3 is 10.2 Å². The van der Waals surface area contributed by atoms with Crippen LogP contribution in [-0.4, -0.2) is 30.5 Å². The van der Waals surface area contributed by atoms with Gasteiger partial charge in [-0.3, -0.25) is 0 Å². The number of hydrogen-bond donors (Lipinski definition) is 1. The molecule has 2 atom stereocenters. The van der Waals surface area contributed by atoms with E-state index in [0.29, 0.717) is 0 Å².